The molecule has 0 aliphatic carbocycles. The number of hydrogen-bond acceptors (Lipinski definition) is 4. The van der Waals surface area contributed by atoms with Crippen LogP contribution in [0.25, 0.3) is 0 Å². The first-order valence-electron chi connectivity index (χ1n) is 5.77. The maximum absolute atomic E-state index is 4.77. The molecule has 0 amide bonds. The van der Waals surface area contributed by atoms with E-state index in [1.54, 1.807) is 6.26 Å². The van der Waals surface area contributed by atoms with Crippen molar-refractivity contribution in [1.29, 1.82) is 0 Å². The molecule has 0 radical (unpaired) electrons. The smallest absolute Gasteiger partial charge is 0.124 e. The molecule has 0 atom stereocenters. The molecule has 0 bridgehead atoms. The second kappa shape index (κ2) is 7.43. The highest BCUT2D eigenvalue weighted by Crippen LogP contribution is 1.99. The number of piperazine rings is 1. The van der Waals surface area contributed by atoms with Gasteiger partial charge in [-0.2, -0.15) is 0 Å². The summed E-state index contributed by atoms with van der Waals surface area (Å²) in [5.41, 5.74) is 1.05. The lowest BCUT2D eigenvalue weighted by Crippen LogP contribution is -2.44. The monoisotopic (exact) mass is 211 g/mol. The maximum Gasteiger partial charge on any atom is 0.124 e. The van der Waals surface area contributed by atoms with Gasteiger partial charge in [0.25, 0.3) is 0 Å². The molecule has 15 heavy (non-hydrogen) atoms. The van der Waals surface area contributed by atoms with Gasteiger partial charge in [0.15, 0.2) is 0 Å². The van der Waals surface area contributed by atoms with Crippen molar-refractivity contribution in [2.45, 2.75) is 20.3 Å². The highest BCUT2D eigenvalue weighted by Gasteiger charge is 2.09. The second-order valence-electron chi connectivity index (χ2n) is 3.33. The van der Waals surface area contributed by atoms with E-state index in [0.717, 1.165) is 44.8 Å². The summed E-state index contributed by atoms with van der Waals surface area (Å²) in [5, 5.41) is 7.22. The molecule has 1 fully saturated rings. The van der Waals surface area contributed by atoms with Crippen molar-refractivity contribution in [1.82, 2.24) is 15.4 Å². The zero-order valence-corrected chi connectivity index (χ0v) is 9.70. The number of nitrogens with one attached hydrogen (secondary N) is 1. The number of hydrogen-bond donors (Lipinski definition) is 1. The Morgan fingerprint density at radius 2 is 2.13 bits per heavy atom. The van der Waals surface area contributed by atoms with Crippen LogP contribution < -0.4 is 5.32 Å². The molecule has 0 unspecified atom stereocenters. The fourth-order valence-electron chi connectivity index (χ4n) is 1.57. The van der Waals surface area contributed by atoms with E-state index < -0.39 is 0 Å². The minimum Gasteiger partial charge on any atom is -0.365 e. The summed E-state index contributed by atoms with van der Waals surface area (Å²) in [7, 11) is 0. The minimum absolute atomic E-state index is 0.997. The van der Waals surface area contributed by atoms with Gasteiger partial charge in [-0.25, -0.2) is 0 Å². The Balaban J connectivity index is 0.000000531. The van der Waals surface area contributed by atoms with Crippen molar-refractivity contribution in [3.63, 3.8) is 0 Å². The van der Waals surface area contributed by atoms with E-state index in [-0.39, 0.29) is 0 Å². The zero-order valence-electron chi connectivity index (χ0n) is 9.70. The van der Waals surface area contributed by atoms with Crippen LogP contribution in [-0.2, 0) is 6.42 Å². The Kier molecular flexibility index (Phi) is 6.04. The summed E-state index contributed by atoms with van der Waals surface area (Å²) in [6.07, 6.45) is 2.63. The molecule has 1 aliphatic heterocycles. The molecule has 1 saturated heterocycles. The van der Waals surface area contributed by atoms with Gasteiger partial charge in [-0.3, -0.25) is 0 Å². The number of nitrogens with zero attached hydrogens (tertiary/aromatic N) is 2. The standard InChI is InChI=1S/C9H15N3O.C2H6/c1(9-2-8-13-11-9)5-12-6-3-10-4-7-12;1-2/h2,8,10H,1,3-7H2;1-2H3. The van der Waals surface area contributed by atoms with Crippen LogP contribution in [-0.4, -0.2) is 42.8 Å². The third kappa shape index (κ3) is 4.44. The van der Waals surface area contributed by atoms with E-state index >= 15 is 0 Å². The molecule has 2 rings (SSSR count). The van der Waals surface area contributed by atoms with Gasteiger partial charge < -0.3 is 14.7 Å². The van der Waals surface area contributed by atoms with Crippen molar-refractivity contribution < 1.29 is 4.52 Å². The van der Waals surface area contributed by atoms with Gasteiger partial charge in [-0.05, 0) is 0 Å². The summed E-state index contributed by atoms with van der Waals surface area (Å²) in [4.78, 5) is 2.45. The first kappa shape index (κ1) is 12.2. The van der Waals surface area contributed by atoms with E-state index in [2.05, 4.69) is 15.4 Å². The summed E-state index contributed by atoms with van der Waals surface area (Å²) in [5.74, 6) is 0. The van der Waals surface area contributed by atoms with E-state index in [1.165, 1.54) is 0 Å². The molecule has 2 heterocycles. The summed E-state index contributed by atoms with van der Waals surface area (Å²) in [6, 6.07) is 1.93. The molecule has 0 spiro atoms. The van der Waals surface area contributed by atoms with Gasteiger partial charge in [0.2, 0.25) is 0 Å². The van der Waals surface area contributed by atoms with Crippen LogP contribution >= 0.6 is 0 Å². The Morgan fingerprint density at radius 3 is 2.73 bits per heavy atom. The molecule has 1 aromatic heterocycles. The number of aromatic nitrogens is 1. The largest absolute Gasteiger partial charge is 0.365 e. The summed E-state index contributed by atoms with van der Waals surface area (Å²) >= 11 is 0. The third-order valence-electron chi connectivity index (χ3n) is 2.39. The van der Waals surface area contributed by atoms with E-state index in [0.29, 0.717) is 0 Å². The normalized spacial score (nSPS) is 16.9. The lowest BCUT2D eigenvalue weighted by molar-refractivity contribution is 0.242. The topological polar surface area (TPSA) is 41.3 Å². The maximum atomic E-state index is 4.77. The molecule has 4 heteroatoms. The van der Waals surface area contributed by atoms with Gasteiger partial charge in [0.1, 0.15) is 6.26 Å². The van der Waals surface area contributed by atoms with E-state index in [9.17, 15) is 0 Å². The predicted molar refractivity (Wildman–Crippen MR) is 60.9 cm³/mol. The van der Waals surface area contributed by atoms with Crippen LogP contribution in [0.1, 0.15) is 19.5 Å². The highest BCUT2D eigenvalue weighted by atomic mass is 16.5. The lowest BCUT2D eigenvalue weighted by Gasteiger charge is -2.26. The van der Waals surface area contributed by atoms with E-state index in [4.69, 9.17) is 4.52 Å². The number of rotatable bonds is 3. The lowest BCUT2D eigenvalue weighted by atomic mass is 10.2. The molecule has 1 N–H and O–H groups in total. The highest BCUT2D eigenvalue weighted by molar-refractivity contribution is 4.95. The fourth-order valence-corrected chi connectivity index (χ4v) is 1.57. The fraction of sp³-hybridized carbons (Fsp3) is 0.727. The summed E-state index contributed by atoms with van der Waals surface area (Å²) < 4.78 is 4.77. The molecule has 1 aliphatic rings. The van der Waals surface area contributed by atoms with Crippen molar-refractivity contribution >= 4 is 0 Å². The Labute approximate surface area is 91.6 Å². The average Bonchev–Trinajstić information content (AvgIpc) is 2.83. The third-order valence-corrected chi connectivity index (χ3v) is 2.39. The van der Waals surface area contributed by atoms with E-state index in [1.807, 2.05) is 19.9 Å². The van der Waals surface area contributed by atoms with Crippen LogP contribution in [0, 0.1) is 0 Å². The molecular formula is C11H21N3O. The summed E-state index contributed by atoms with van der Waals surface area (Å²) in [6.45, 7) is 9.61. The first-order valence-corrected chi connectivity index (χ1v) is 5.77. The Morgan fingerprint density at radius 1 is 1.40 bits per heavy atom. The van der Waals surface area contributed by atoms with Crippen LogP contribution in [0.4, 0.5) is 0 Å². The Bertz CT molecular complexity index is 230. The van der Waals surface area contributed by atoms with Crippen molar-refractivity contribution in [3.8, 4) is 0 Å². The molecule has 0 aromatic carbocycles. The molecule has 1 aromatic rings. The van der Waals surface area contributed by atoms with Gasteiger partial charge in [-0.1, -0.05) is 19.0 Å². The SMILES string of the molecule is CC.c1cc(CCN2CCNCC2)no1. The van der Waals surface area contributed by atoms with Gasteiger partial charge in [-0.15, -0.1) is 0 Å². The Hall–Kier alpha value is -0.870. The van der Waals surface area contributed by atoms with Crippen LogP contribution in [0.15, 0.2) is 16.9 Å². The van der Waals surface area contributed by atoms with Crippen molar-refractivity contribution in [2.24, 2.45) is 0 Å². The van der Waals surface area contributed by atoms with Gasteiger partial charge in [0, 0.05) is 45.2 Å². The predicted octanol–water partition coefficient (Wildman–Crippen LogP) is 1.15. The average molecular weight is 211 g/mol. The van der Waals surface area contributed by atoms with Crippen LogP contribution in [0.5, 0.6) is 0 Å². The second-order valence-corrected chi connectivity index (χ2v) is 3.33. The van der Waals surface area contributed by atoms with Crippen molar-refractivity contribution in [3.05, 3.63) is 18.0 Å². The quantitative estimate of drug-likeness (QED) is 0.814. The molecule has 0 saturated carbocycles. The molecular weight excluding hydrogens is 190 g/mol. The minimum atomic E-state index is 0.997. The van der Waals surface area contributed by atoms with Crippen LogP contribution in [0.3, 0.4) is 0 Å². The van der Waals surface area contributed by atoms with Gasteiger partial charge in [0.05, 0.1) is 5.69 Å². The zero-order chi connectivity index (χ0) is 10.9. The molecule has 4 nitrogen and oxygen atoms in total. The van der Waals surface area contributed by atoms with Gasteiger partial charge >= 0.3 is 0 Å². The first-order chi connectivity index (χ1) is 7.45. The van der Waals surface area contributed by atoms with Crippen molar-refractivity contribution in [2.75, 3.05) is 32.7 Å². The van der Waals surface area contributed by atoms with Crippen LogP contribution in [0.2, 0.25) is 0 Å². The molecule has 86 valence electrons.